The van der Waals surface area contributed by atoms with Gasteiger partial charge in [0.1, 0.15) is 5.69 Å². The highest BCUT2D eigenvalue weighted by Gasteiger charge is 2.23. The molecule has 0 N–H and O–H groups in total. The van der Waals surface area contributed by atoms with E-state index in [1.165, 1.54) is 6.42 Å². The first kappa shape index (κ1) is 15.4. The van der Waals surface area contributed by atoms with E-state index in [9.17, 15) is 0 Å². The Bertz CT molecular complexity index is 797. The maximum atomic E-state index is 4.85. The predicted molar refractivity (Wildman–Crippen MR) is 93.6 cm³/mol. The molecule has 0 radical (unpaired) electrons. The standard InChI is InChI=1S/C17H20N6S/c1-22-6-4-19-17(22)16-8-18-7-15(21-16)13-3-2-5-23(9-13)10-14-11-24-12-20-14/h4,6-8,11-13H,2-3,5,9-10H2,1H3. The number of aromatic nitrogens is 5. The SMILES string of the molecule is Cn1ccnc1-c1cncc(C2CCCN(Cc3cscn3)C2)n1. The number of imidazole rings is 1. The van der Waals surface area contributed by atoms with Crippen LogP contribution in [0.25, 0.3) is 11.5 Å². The minimum absolute atomic E-state index is 0.421. The summed E-state index contributed by atoms with van der Waals surface area (Å²) in [6, 6.07) is 0. The summed E-state index contributed by atoms with van der Waals surface area (Å²) < 4.78 is 1.98. The number of piperidine rings is 1. The van der Waals surface area contributed by atoms with Crippen molar-refractivity contribution >= 4 is 11.3 Å². The third kappa shape index (κ3) is 3.22. The number of hydrogen-bond donors (Lipinski definition) is 0. The van der Waals surface area contributed by atoms with Gasteiger partial charge in [0, 0.05) is 50.0 Å². The van der Waals surface area contributed by atoms with Crippen LogP contribution in [0.2, 0.25) is 0 Å². The van der Waals surface area contributed by atoms with Gasteiger partial charge >= 0.3 is 0 Å². The molecule has 124 valence electrons. The van der Waals surface area contributed by atoms with Gasteiger partial charge in [-0.3, -0.25) is 9.88 Å². The lowest BCUT2D eigenvalue weighted by molar-refractivity contribution is 0.196. The number of nitrogens with zero attached hydrogens (tertiary/aromatic N) is 6. The number of hydrogen-bond acceptors (Lipinski definition) is 6. The summed E-state index contributed by atoms with van der Waals surface area (Å²) in [6.07, 6.45) is 9.76. The molecule has 0 saturated carbocycles. The molecule has 0 spiro atoms. The lowest BCUT2D eigenvalue weighted by Crippen LogP contribution is -2.34. The van der Waals surface area contributed by atoms with Crippen molar-refractivity contribution in [1.29, 1.82) is 0 Å². The Balaban J connectivity index is 1.52. The first-order valence-corrected chi connectivity index (χ1v) is 9.13. The summed E-state index contributed by atoms with van der Waals surface area (Å²) in [5.41, 5.74) is 4.97. The van der Waals surface area contributed by atoms with Gasteiger partial charge in [0.05, 0.1) is 23.1 Å². The Hall–Kier alpha value is -2.12. The van der Waals surface area contributed by atoms with Crippen LogP contribution in [-0.4, -0.2) is 42.5 Å². The van der Waals surface area contributed by atoms with Crippen molar-refractivity contribution in [3.05, 3.63) is 47.1 Å². The molecule has 1 fully saturated rings. The van der Waals surface area contributed by atoms with E-state index in [0.717, 1.165) is 49.0 Å². The van der Waals surface area contributed by atoms with Crippen LogP contribution in [0.4, 0.5) is 0 Å². The van der Waals surface area contributed by atoms with E-state index >= 15 is 0 Å². The fourth-order valence-corrected chi connectivity index (χ4v) is 3.83. The molecule has 0 amide bonds. The summed E-state index contributed by atoms with van der Waals surface area (Å²) in [7, 11) is 1.98. The molecular weight excluding hydrogens is 320 g/mol. The van der Waals surface area contributed by atoms with Crippen LogP contribution in [0.15, 0.2) is 35.7 Å². The number of likely N-dealkylation sites (tertiary alicyclic amines) is 1. The zero-order valence-electron chi connectivity index (χ0n) is 13.7. The van der Waals surface area contributed by atoms with Crippen molar-refractivity contribution in [3.8, 4) is 11.5 Å². The molecule has 4 rings (SSSR count). The highest BCUT2D eigenvalue weighted by atomic mass is 32.1. The van der Waals surface area contributed by atoms with E-state index < -0.39 is 0 Å². The Morgan fingerprint density at radius 1 is 1.29 bits per heavy atom. The van der Waals surface area contributed by atoms with E-state index in [1.807, 2.05) is 29.5 Å². The van der Waals surface area contributed by atoms with Gasteiger partial charge in [0.2, 0.25) is 0 Å². The second-order valence-electron chi connectivity index (χ2n) is 6.24. The molecule has 0 aliphatic carbocycles. The van der Waals surface area contributed by atoms with Gasteiger partial charge in [-0.25, -0.2) is 15.0 Å². The summed E-state index contributed by atoms with van der Waals surface area (Å²) in [4.78, 5) is 20.5. The molecule has 1 atom stereocenters. The average Bonchev–Trinajstić information content (AvgIpc) is 3.27. The van der Waals surface area contributed by atoms with Crippen LogP contribution in [0, 0.1) is 0 Å². The zero-order chi connectivity index (χ0) is 16.4. The lowest BCUT2D eigenvalue weighted by atomic mass is 9.95. The van der Waals surface area contributed by atoms with E-state index in [-0.39, 0.29) is 0 Å². The average molecular weight is 340 g/mol. The highest BCUT2D eigenvalue weighted by molar-refractivity contribution is 7.07. The van der Waals surface area contributed by atoms with Crippen molar-refractivity contribution in [3.63, 3.8) is 0 Å². The fourth-order valence-electron chi connectivity index (χ4n) is 3.28. The number of thiazole rings is 1. The predicted octanol–water partition coefficient (Wildman–Crippen LogP) is 2.71. The van der Waals surface area contributed by atoms with Crippen molar-refractivity contribution in [2.24, 2.45) is 7.05 Å². The topological polar surface area (TPSA) is 59.7 Å². The molecule has 24 heavy (non-hydrogen) atoms. The Kier molecular flexibility index (Phi) is 4.36. The summed E-state index contributed by atoms with van der Waals surface area (Å²) in [6.45, 7) is 3.06. The van der Waals surface area contributed by atoms with Crippen LogP contribution >= 0.6 is 11.3 Å². The van der Waals surface area contributed by atoms with Gasteiger partial charge in [0.15, 0.2) is 5.82 Å². The largest absolute Gasteiger partial charge is 0.333 e. The fraction of sp³-hybridized carbons (Fsp3) is 0.412. The smallest absolute Gasteiger partial charge is 0.159 e. The highest BCUT2D eigenvalue weighted by Crippen LogP contribution is 2.27. The Labute approximate surface area is 145 Å². The zero-order valence-corrected chi connectivity index (χ0v) is 14.5. The molecule has 1 saturated heterocycles. The van der Waals surface area contributed by atoms with Crippen LogP contribution in [0.3, 0.4) is 0 Å². The molecule has 0 aromatic carbocycles. The van der Waals surface area contributed by atoms with Crippen LogP contribution in [0.5, 0.6) is 0 Å². The molecule has 4 heterocycles. The van der Waals surface area contributed by atoms with Crippen molar-refractivity contribution in [1.82, 2.24) is 29.4 Å². The summed E-state index contributed by atoms with van der Waals surface area (Å²) in [5, 5.41) is 2.13. The second-order valence-corrected chi connectivity index (χ2v) is 6.96. The molecule has 1 unspecified atom stereocenters. The van der Waals surface area contributed by atoms with Crippen LogP contribution < -0.4 is 0 Å². The summed E-state index contributed by atoms with van der Waals surface area (Å²) in [5.74, 6) is 1.28. The molecule has 7 heteroatoms. The van der Waals surface area contributed by atoms with Gasteiger partial charge < -0.3 is 4.57 Å². The molecule has 1 aliphatic heterocycles. The van der Waals surface area contributed by atoms with E-state index in [1.54, 1.807) is 23.7 Å². The van der Waals surface area contributed by atoms with Gasteiger partial charge in [-0.05, 0) is 19.4 Å². The monoisotopic (exact) mass is 340 g/mol. The lowest BCUT2D eigenvalue weighted by Gasteiger charge is -2.31. The first-order valence-electron chi connectivity index (χ1n) is 8.18. The first-order chi connectivity index (χ1) is 11.8. The maximum absolute atomic E-state index is 4.85. The quantitative estimate of drug-likeness (QED) is 0.731. The third-order valence-electron chi connectivity index (χ3n) is 4.50. The van der Waals surface area contributed by atoms with Crippen molar-refractivity contribution in [2.75, 3.05) is 13.1 Å². The van der Waals surface area contributed by atoms with Gasteiger partial charge in [-0.2, -0.15) is 0 Å². The molecule has 6 nitrogen and oxygen atoms in total. The van der Waals surface area contributed by atoms with Gasteiger partial charge in [-0.15, -0.1) is 11.3 Å². The minimum Gasteiger partial charge on any atom is -0.333 e. The number of aryl methyl sites for hydroxylation is 1. The molecular formula is C17H20N6S. The number of rotatable bonds is 4. The van der Waals surface area contributed by atoms with Crippen molar-refractivity contribution < 1.29 is 0 Å². The third-order valence-corrected chi connectivity index (χ3v) is 5.13. The second kappa shape index (κ2) is 6.78. The molecule has 0 bridgehead atoms. The van der Waals surface area contributed by atoms with E-state index in [0.29, 0.717) is 5.92 Å². The van der Waals surface area contributed by atoms with Gasteiger partial charge in [0.25, 0.3) is 0 Å². The van der Waals surface area contributed by atoms with Crippen molar-refractivity contribution in [2.45, 2.75) is 25.3 Å². The maximum Gasteiger partial charge on any atom is 0.159 e. The van der Waals surface area contributed by atoms with Crippen LogP contribution in [0.1, 0.15) is 30.1 Å². The van der Waals surface area contributed by atoms with E-state index in [2.05, 4.69) is 25.2 Å². The molecule has 3 aromatic heterocycles. The Morgan fingerprint density at radius 2 is 2.25 bits per heavy atom. The normalized spacial score (nSPS) is 18.8. The van der Waals surface area contributed by atoms with E-state index in [4.69, 9.17) is 4.98 Å². The van der Waals surface area contributed by atoms with Gasteiger partial charge in [-0.1, -0.05) is 0 Å². The molecule has 1 aliphatic rings. The molecule has 3 aromatic rings. The Morgan fingerprint density at radius 3 is 3.04 bits per heavy atom. The minimum atomic E-state index is 0.421. The summed E-state index contributed by atoms with van der Waals surface area (Å²) >= 11 is 1.66. The van der Waals surface area contributed by atoms with Crippen LogP contribution in [-0.2, 0) is 13.6 Å².